The molecule has 0 bridgehead atoms. The molecule has 0 amide bonds. The summed E-state index contributed by atoms with van der Waals surface area (Å²) in [5.74, 6) is -0.364. The number of nitrogens with one attached hydrogen (secondary N) is 1. The second-order valence-corrected chi connectivity index (χ2v) is 5.79. The lowest BCUT2D eigenvalue weighted by atomic mass is 9.97. The molecule has 0 fully saturated rings. The van der Waals surface area contributed by atoms with Crippen LogP contribution >= 0.6 is 11.8 Å². The first-order valence-corrected chi connectivity index (χ1v) is 7.05. The number of H-pyrrole nitrogens is 1. The van der Waals surface area contributed by atoms with Gasteiger partial charge in [0.25, 0.3) is 0 Å². The largest absolute Gasteiger partial charge is 0.480 e. The maximum atomic E-state index is 11.1. The number of nitrogens with two attached hydrogens (primary N) is 1. The number of nitrogens with zero attached hydrogens (tertiary/aromatic N) is 2. The van der Waals surface area contributed by atoms with E-state index in [0.717, 1.165) is 6.42 Å². The van der Waals surface area contributed by atoms with Crippen LogP contribution in [0.4, 0.5) is 0 Å². The predicted molar refractivity (Wildman–Crippen MR) is 74.9 cm³/mol. The number of aliphatic carboxylic acids is 1. The van der Waals surface area contributed by atoms with Crippen LogP contribution in [0.25, 0.3) is 0 Å². The van der Waals surface area contributed by atoms with E-state index in [9.17, 15) is 14.4 Å². The van der Waals surface area contributed by atoms with Gasteiger partial charge < -0.3 is 10.8 Å². The fourth-order valence-electron chi connectivity index (χ4n) is 1.45. The number of aryl methyl sites for hydroxylation is 1. The number of unbranched alkanes of at least 4 members (excludes halogenated alkanes) is 1. The second kappa shape index (κ2) is 6.71. The van der Waals surface area contributed by atoms with E-state index in [1.165, 1.54) is 23.4 Å². The summed E-state index contributed by atoms with van der Waals surface area (Å²) in [6.07, 6.45) is 1.77. The molecule has 4 N–H and O–H groups in total. The third-order valence-electron chi connectivity index (χ3n) is 2.76. The highest BCUT2D eigenvalue weighted by Gasteiger charge is 2.26. The van der Waals surface area contributed by atoms with Gasteiger partial charge in [-0.05, 0) is 19.8 Å². The first-order chi connectivity index (χ1) is 9.24. The highest BCUT2D eigenvalue weighted by atomic mass is 32.2. The summed E-state index contributed by atoms with van der Waals surface area (Å²) >= 11 is 1.32. The zero-order valence-electron chi connectivity index (χ0n) is 11.4. The van der Waals surface area contributed by atoms with E-state index in [0.29, 0.717) is 23.8 Å². The Bertz CT molecular complexity index is 593. The van der Waals surface area contributed by atoms with Crippen molar-refractivity contribution in [2.24, 2.45) is 12.8 Å². The standard InChI is InChI=1S/C11H18N4O4S/c1-11(12,9(18)19)5-3-4-6-20-10-13-7(16)8(17)14-15(10)2/h3-6,12H2,1-2H3,(H,14,17)(H,18,19). The summed E-state index contributed by atoms with van der Waals surface area (Å²) < 4.78 is 1.39. The van der Waals surface area contributed by atoms with Gasteiger partial charge in [-0.25, -0.2) is 0 Å². The number of aromatic amines is 1. The third-order valence-corrected chi connectivity index (χ3v) is 3.87. The molecule has 1 rings (SSSR count). The van der Waals surface area contributed by atoms with Gasteiger partial charge in [0.1, 0.15) is 5.54 Å². The first kappa shape index (κ1) is 16.4. The van der Waals surface area contributed by atoms with Gasteiger partial charge in [-0.3, -0.25) is 24.2 Å². The van der Waals surface area contributed by atoms with Crippen molar-refractivity contribution < 1.29 is 9.90 Å². The van der Waals surface area contributed by atoms with Crippen LogP contribution in [0.5, 0.6) is 0 Å². The molecule has 0 aliphatic rings. The van der Waals surface area contributed by atoms with Crippen LogP contribution in [0.15, 0.2) is 14.7 Å². The molecule has 1 heterocycles. The molecule has 1 aromatic rings. The number of carboxylic acid groups (broad SMARTS) is 1. The molecule has 0 aliphatic heterocycles. The van der Waals surface area contributed by atoms with Crippen LogP contribution in [-0.4, -0.2) is 37.1 Å². The van der Waals surface area contributed by atoms with Crippen molar-refractivity contribution in [2.45, 2.75) is 36.9 Å². The van der Waals surface area contributed by atoms with Crippen LogP contribution in [0.1, 0.15) is 26.2 Å². The Labute approximate surface area is 119 Å². The van der Waals surface area contributed by atoms with Gasteiger partial charge in [-0.1, -0.05) is 18.2 Å². The summed E-state index contributed by atoms with van der Waals surface area (Å²) in [7, 11) is 1.59. The fraction of sp³-hybridized carbons (Fsp3) is 0.636. The zero-order chi connectivity index (χ0) is 15.3. The molecule has 0 saturated heterocycles. The maximum Gasteiger partial charge on any atom is 0.339 e. The SMILES string of the molecule is Cn1[nH]c(=O)c(=O)nc1SCCCCC(C)(N)C(=O)O. The molecular formula is C11H18N4O4S. The van der Waals surface area contributed by atoms with Crippen molar-refractivity contribution in [3.63, 3.8) is 0 Å². The predicted octanol–water partition coefficient (Wildman–Crippen LogP) is -0.467. The number of hydrogen-bond acceptors (Lipinski definition) is 6. The average molecular weight is 302 g/mol. The van der Waals surface area contributed by atoms with Crippen molar-refractivity contribution in [3.05, 3.63) is 20.7 Å². The Balaban J connectivity index is 2.43. The molecule has 9 heteroatoms. The molecule has 1 unspecified atom stereocenters. The normalized spacial score (nSPS) is 13.9. The molecular weight excluding hydrogens is 284 g/mol. The quantitative estimate of drug-likeness (QED) is 0.352. The van der Waals surface area contributed by atoms with Gasteiger partial charge >= 0.3 is 17.1 Å². The average Bonchev–Trinajstić information content (AvgIpc) is 2.34. The van der Waals surface area contributed by atoms with E-state index < -0.39 is 22.6 Å². The van der Waals surface area contributed by atoms with Crippen molar-refractivity contribution in [3.8, 4) is 0 Å². The lowest BCUT2D eigenvalue weighted by Crippen LogP contribution is -2.44. The minimum atomic E-state index is -1.21. The number of hydrogen-bond donors (Lipinski definition) is 3. The van der Waals surface area contributed by atoms with Crippen molar-refractivity contribution >= 4 is 17.7 Å². The highest BCUT2D eigenvalue weighted by molar-refractivity contribution is 7.99. The Hall–Kier alpha value is -1.61. The van der Waals surface area contributed by atoms with E-state index in [2.05, 4.69) is 10.1 Å². The lowest BCUT2D eigenvalue weighted by Gasteiger charge is -2.18. The molecule has 0 radical (unpaired) electrons. The molecule has 20 heavy (non-hydrogen) atoms. The number of aromatic nitrogens is 3. The Morgan fingerprint density at radius 2 is 2.15 bits per heavy atom. The van der Waals surface area contributed by atoms with Gasteiger partial charge in [0.15, 0.2) is 5.16 Å². The number of carbonyl (C=O) groups is 1. The summed E-state index contributed by atoms with van der Waals surface area (Å²) in [4.78, 5) is 36.6. The van der Waals surface area contributed by atoms with E-state index in [1.54, 1.807) is 7.05 Å². The van der Waals surface area contributed by atoms with E-state index in [1.807, 2.05) is 0 Å². The van der Waals surface area contributed by atoms with Crippen molar-refractivity contribution in [1.82, 2.24) is 14.8 Å². The van der Waals surface area contributed by atoms with Crippen molar-refractivity contribution in [1.29, 1.82) is 0 Å². The van der Waals surface area contributed by atoms with Gasteiger partial charge in [0.2, 0.25) is 0 Å². The Kier molecular flexibility index (Phi) is 5.52. The maximum absolute atomic E-state index is 11.1. The minimum absolute atomic E-state index is 0.376. The second-order valence-electron chi connectivity index (χ2n) is 4.73. The number of rotatable bonds is 7. The smallest absolute Gasteiger partial charge is 0.339 e. The van der Waals surface area contributed by atoms with Crippen LogP contribution in [0.3, 0.4) is 0 Å². The van der Waals surface area contributed by atoms with Gasteiger partial charge in [0.05, 0.1) is 0 Å². The summed E-state index contributed by atoms with van der Waals surface area (Å²) in [6, 6.07) is 0. The van der Waals surface area contributed by atoms with Crippen molar-refractivity contribution in [2.75, 3.05) is 5.75 Å². The first-order valence-electron chi connectivity index (χ1n) is 6.06. The van der Waals surface area contributed by atoms with E-state index in [-0.39, 0.29) is 0 Å². The summed E-state index contributed by atoms with van der Waals surface area (Å²) in [5, 5.41) is 11.6. The highest BCUT2D eigenvalue weighted by Crippen LogP contribution is 2.17. The number of thioether (sulfide) groups is 1. The van der Waals surface area contributed by atoms with Gasteiger partial charge in [-0.2, -0.15) is 4.98 Å². The molecule has 0 aromatic carbocycles. The van der Waals surface area contributed by atoms with Crippen LogP contribution in [0, 0.1) is 0 Å². The molecule has 0 saturated carbocycles. The minimum Gasteiger partial charge on any atom is -0.480 e. The van der Waals surface area contributed by atoms with Gasteiger partial charge in [0, 0.05) is 12.8 Å². The molecule has 112 valence electrons. The molecule has 0 aliphatic carbocycles. The van der Waals surface area contributed by atoms with E-state index in [4.69, 9.17) is 10.8 Å². The van der Waals surface area contributed by atoms with Crippen LogP contribution in [0.2, 0.25) is 0 Å². The zero-order valence-corrected chi connectivity index (χ0v) is 12.2. The monoisotopic (exact) mass is 302 g/mol. The molecule has 1 aromatic heterocycles. The van der Waals surface area contributed by atoms with Gasteiger partial charge in [-0.15, -0.1) is 0 Å². The third kappa shape index (κ3) is 4.49. The fourth-order valence-corrected chi connectivity index (χ4v) is 2.37. The Morgan fingerprint density at radius 3 is 2.75 bits per heavy atom. The topological polar surface area (TPSA) is 131 Å². The lowest BCUT2D eigenvalue weighted by molar-refractivity contribution is -0.142. The molecule has 1 atom stereocenters. The number of carboxylic acids is 1. The molecule has 0 spiro atoms. The summed E-state index contributed by atoms with van der Waals surface area (Å²) in [6.45, 7) is 1.48. The van der Waals surface area contributed by atoms with Crippen LogP contribution in [-0.2, 0) is 11.8 Å². The van der Waals surface area contributed by atoms with E-state index >= 15 is 0 Å². The van der Waals surface area contributed by atoms with Crippen LogP contribution < -0.4 is 16.9 Å². The Morgan fingerprint density at radius 1 is 1.50 bits per heavy atom. The molecule has 8 nitrogen and oxygen atoms in total. The summed E-state index contributed by atoms with van der Waals surface area (Å²) in [5.41, 5.74) is 2.83.